The maximum absolute atomic E-state index is 13.5. The van der Waals surface area contributed by atoms with Crippen molar-refractivity contribution < 1.29 is 22.7 Å². The third-order valence-electron chi connectivity index (χ3n) is 6.45. The predicted octanol–water partition coefficient (Wildman–Crippen LogP) is 3.80. The molecule has 2 aliphatic heterocycles. The van der Waals surface area contributed by atoms with E-state index < -0.39 is 21.7 Å². The van der Waals surface area contributed by atoms with Gasteiger partial charge in [-0.1, -0.05) is 54.7 Å². The number of allylic oxidation sites excluding steroid dienone is 4. The normalized spacial score (nSPS) is 20.3. The van der Waals surface area contributed by atoms with E-state index in [1.54, 1.807) is 12.1 Å². The monoisotopic (exact) mass is 508 g/mol. The Labute approximate surface area is 209 Å². The highest BCUT2D eigenvalue weighted by molar-refractivity contribution is 7.89. The Hall–Kier alpha value is -3.14. The SMILES string of the molecule is O=C1C(=O)N(Cc2ccccc2)c2ccc(S(=O)(=O)N3CCC[C@H]3COC3=CC=CCC3=S)cc21. The molecule has 0 N–H and O–H groups in total. The summed E-state index contributed by atoms with van der Waals surface area (Å²) in [6.45, 7) is 0.805. The number of thiocarbonyl (C=S) groups is 1. The molecule has 2 heterocycles. The minimum Gasteiger partial charge on any atom is -0.491 e. The van der Waals surface area contributed by atoms with Gasteiger partial charge in [-0.2, -0.15) is 4.31 Å². The number of carbonyl (C=O) groups excluding carboxylic acids is 2. The number of hydrogen-bond acceptors (Lipinski definition) is 6. The van der Waals surface area contributed by atoms with E-state index in [1.165, 1.54) is 21.3 Å². The molecule has 0 unspecified atom stereocenters. The second-order valence-corrected chi connectivity index (χ2v) is 11.1. The fraction of sp³-hybridized carbons (Fsp3) is 0.269. The molecule has 5 rings (SSSR count). The van der Waals surface area contributed by atoms with Gasteiger partial charge in [0.15, 0.2) is 0 Å². The first kappa shape index (κ1) is 23.6. The Morgan fingerprint density at radius 2 is 1.89 bits per heavy atom. The van der Waals surface area contributed by atoms with E-state index in [1.807, 2.05) is 42.5 Å². The van der Waals surface area contributed by atoms with Crippen LogP contribution in [0.5, 0.6) is 0 Å². The molecule has 0 bridgehead atoms. The van der Waals surface area contributed by atoms with Gasteiger partial charge in [-0.15, -0.1) is 0 Å². The largest absolute Gasteiger partial charge is 0.491 e. The zero-order chi connectivity index (χ0) is 24.6. The molecule has 180 valence electrons. The third-order valence-corrected chi connectivity index (χ3v) is 8.76. The van der Waals surface area contributed by atoms with E-state index in [2.05, 4.69) is 0 Å². The highest BCUT2D eigenvalue weighted by atomic mass is 32.2. The maximum atomic E-state index is 13.5. The van der Waals surface area contributed by atoms with Crippen LogP contribution in [-0.2, 0) is 26.1 Å². The van der Waals surface area contributed by atoms with Gasteiger partial charge in [0, 0.05) is 13.0 Å². The number of Topliss-reactive ketones (excluding diaryl/α,β-unsaturated/α-hetero) is 1. The van der Waals surface area contributed by atoms with Crippen molar-refractivity contribution in [3.05, 3.63) is 83.6 Å². The second-order valence-electron chi connectivity index (χ2n) is 8.69. The average Bonchev–Trinajstić information content (AvgIpc) is 3.44. The Bertz CT molecular complexity index is 1370. The molecular weight excluding hydrogens is 484 g/mol. The Morgan fingerprint density at radius 3 is 2.66 bits per heavy atom. The molecule has 9 heteroatoms. The lowest BCUT2D eigenvalue weighted by Crippen LogP contribution is -2.38. The van der Waals surface area contributed by atoms with Crippen molar-refractivity contribution in [2.45, 2.75) is 36.7 Å². The molecule has 2 aromatic rings. The van der Waals surface area contributed by atoms with E-state index in [0.717, 1.165) is 5.56 Å². The highest BCUT2D eigenvalue weighted by Gasteiger charge is 2.40. The number of fused-ring (bicyclic) bond motifs is 1. The third kappa shape index (κ3) is 4.47. The Morgan fingerprint density at radius 1 is 1.09 bits per heavy atom. The number of nitrogens with zero attached hydrogens (tertiary/aromatic N) is 2. The van der Waals surface area contributed by atoms with Crippen LogP contribution in [-0.4, -0.2) is 48.5 Å². The summed E-state index contributed by atoms with van der Waals surface area (Å²) in [6.07, 6.45) is 7.63. The minimum atomic E-state index is -3.89. The van der Waals surface area contributed by atoms with Crippen molar-refractivity contribution in [2.24, 2.45) is 0 Å². The first-order chi connectivity index (χ1) is 16.9. The highest BCUT2D eigenvalue weighted by Crippen LogP contribution is 2.34. The van der Waals surface area contributed by atoms with Crippen molar-refractivity contribution in [3.63, 3.8) is 0 Å². The summed E-state index contributed by atoms with van der Waals surface area (Å²) in [5.41, 5.74) is 1.42. The first-order valence-electron chi connectivity index (χ1n) is 11.4. The fourth-order valence-electron chi connectivity index (χ4n) is 4.63. The van der Waals surface area contributed by atoms with Crippen molar-refractivity contribution in [1.29, 1.82) is 0 Å². The fourth-order valence-corrected chi connectivity index (χ4v) is 6.56. The molecule has 7 nitrogen and oxygen atoms in total. The molecule has 1 amide bonds. The van der Waals surface area contributed by atoms with Crippen molar-refractivity contribution >= 4 is 44.5 Å². The lowest BCUT2D eigenvalue weighted by atomic mass is 10.1. The number of ketones is 1. The summed E-state index contributed by atoms with van der Waals surface area (Å²) in [6, 6.07) is 13.3. The molecule has 1 atom stereocenters. The van der Waals surface area contributed by atoms with Crippen LogP contribution in [0.3, 0.4) is 0 Å². The molecular formula is C26H24N2O5S2. The summed E-state index contributed by atoms with van der Waals surface area (Å²) in [7, 11) is -3.89. The number of ether oxygens (including phenoxy) is 1. The van der Waals surface area contributed by atoms with Crippen LogP contribution < -0.4 is 4.90 Å². The van der Waals surface area contributed by atoms with Gasteiger partial charge in [-0.3, -0.25) is 9.59 Å². The van der Waals surface area contributed by atoms with E-state index >= 15 is 0 Å². The number of benzene rings is 2. The van der Waals surface area contributed by atoms with Crippen molar-refractivity contribution in [2.75, 3.05) is 18.1 Å². The molecule has 0 saturated carbocycles. The van der Waals surface area contributed by atoms with Crippen LogP contribution in [0, 0.1) is 0 Å². The summed E-state index contributed by atoms with van der Waals surface area (Å²) >= 11 is 5.32. The van der Waals surface area contributed by atoms with Crippen LogP contribution in [0.2, 0.25) is 0 Å². The minimum absolute atomic E-state index is 0.00111. The van der Waals surface area contributed by atoms with E-state index in [9.17, 15) is 18.0 Å². The van der Waals surface area contributed by atoms with Crippen LogP contribution in [0.25, 0.3) is 0 Å². The molecule has 0 aromatic heterocycles. The second kappa shape index (κ2) is 9.49. The number of hydrogen-bond donors (Lipinski definition) is 0. The van der Waals surface area contributed by atoms with E-state index in [-0.39, 0.29) is 29.7 Å². The lowest BCUT2D eigenvalue weighted by Gasteiger charge is -2.25. The van der Waals surface area contributed by atoms with E-state index in [0.29, 0.717) is 42.1 Å². The number of carbonyl (C=O) groups is 2. The lowest BCUT2D eigenvalue weighted by molar-refractivity contribution is -0.114. The topological polar surface area (TPSA) is 84.0 Å². The maximum Gasteiger partial charge on any atom is 0.299 e. The van der Waals surface area contributed by atoms with Crippen molar-refractivity contribution in [1.82, 2.24) is 4.31 Å². The van der Waals surface area contributed by atoms with Gasteiger partial charge >= 0.3 is 0 Å². The van der Waals surface area contributed by atoms with Gasteiger partial charge in [0.2, 0.25) is 10.0 Å². The predicted molar refractivity (Wildman–Crippen MR) is 136 cm³/mol. The summed E-state index contributed by atoms with van der Waals surface area (Å²) in [5, 5.41) is 0. The van der Waals surface area contributed by atoms with Crippen LogP contribution in [0.4, 0.5) is 5.69 Å². The Kier molecular flexibility index (Phi) is 6.39. The van der Waals surface area contributed by atoms with Gasteiger partial charge in [0.1, 0.15) is 12.4 Å². The van der Waals surface area contributed by atoms with Crippen LogP contribution >= 0.6 is 12.2 Å². The zero-order valence-corrected chi connectivity index (χ0v) is 20.6. The average molecular weight is 509 g/mol. The molecule has 1 fully saturated rings. The van der Waals surface area contributed by atoms with Crippen LogP contribution in [0.1, 0.15) is 35.2 Å². The molecule has 35 heavy (non-hydrogen) atoms. The first-order valence-corrected chi connectivity index (χ1v) is 13.3. The quantitative estimate of drug-likeness (QED) is 0.418. The summed E-state index contributed by atoms with van der Waals surface area (Å²) < 4.78 is 34.4. The molecule has 1 saturated heterocycles. The van der Waals surface area contributed by atoms with Crippen LogP contribution in [0.15, 0.2) is 77.4 Å². The number of amides is 1. The number of anilines is 1. The molecule has 3 aliphatic rings. The molecule has 1 aliphatic carbocycles. The molecule has 2 aromatic carbocycles. The van der Waals surface area contributed by atoms with Gasteiger partial charge in [-0.05, 0) is 42.7 Å². The summed E-state index contributed by atoms with van der Waals surface area (Å²) in [5.74, 6) is -0.747. The Balaban J connectivity index is 1.37. The molecule has 0 spiro atoms. The van der Waals surface area contributed by atoms with Gasteiger partial charge in [0.05, 0.1) is 33.6 Å². The number of rotatable bonds is 7. The summed E-state index contributed by atoms with van der Waals surface area (Å²) in [4.78, 5) is 27.5. The molecule has 0 radical (unpaired) electrons. The number of sulfonamides is 1. The van der Waals surface area contributed by atoms with Crippen molar-refractivity contribution in [3.8, 4) is 0 Å². The van der Waals surface area contributed by atoms with Gasteiger partial charge in [0.25, 0.3) is 11.7 Å². The zero-order valence-electron chi connectivity index (χ0n) is 18.9. The smallest absolute Gasteiger partial charge is 0.299 e. The van der Waals surface area contributed by atoms with Gasteiger partial charge < -0.3 is 9.64 Å². The standard InChI is InChI=1S/C26H24N2O5S2/c29-25-21-15-20(12-13-22(21)27(26(25)30)16-18-7-2-1-3-8-18)35(31,32)28-14-6-9-19(28)17-33-23-10-4-5-11-24(23)34/h1-5,7-8,10,12-13,15,19H,6,9,11,14,16-17H2/t19-/m0/s1. The van der Waals surface area contributed by atoms with Gasteiger partial charge in [-0.25, -0.2) is 8.42 Å². The van der Waals surface area contributed by atoms with E-state index in [4.69, 9.17) is 17.0 Å².